The van der Waals surface area contributed by atoms with Crippen molar-refractivity contribution < 1.29 is 4.79 Å². The molecule has 0 bridgehead atoms. The van der Waals surface area contributed by atoms with Crippen molar-refractivity contribution in [3.63, 3.8) is 0 Å². The number of para-hydroxylation sites is 1. The highest BCUT2D eigenvalue weighted by atomic mass is 32.2. The van der Waals surface area contributed by atoms with E-state index in [4.69, 9.17) is 5.10 Å². The number of benzene rings is 2. The molecule has 1 aliphatic rings. The number of nitrogens with zero attached hydrogens (tertiary/aromatic N) is 2. The van der Waals surface area contributed by atoms with Gasteiger partial charge in [-0.25, -0.2) is 4.68 Å². The lowest BCUT2D eigenvalue weighted by atomic mass is 10.2. The zero-order chi connectivity index (χ0) is 17.8. The molecule has 3 aromatic rings. The molecule has 1 amide bonds. The van der Waals surface area contributed by atoms with Gasteiger partial charge in [0, 0.05) is 22.8 Å². The van der Waals surface area contributed by atoms with E-state index in [-0.39, 0.29) is 5.91 Å². The number of aromatic nitrogens is 2. The molecule has 0 radical (unpaired) electrons. The van der Waals surface area contributed by atoms with Crippen LogP contribution in [0.3, 0.4) is 0 Å². The number of amides is 1. The molecule has 0 spiro atoms. The number of nitrogens with one attached hydrogen (secondary N) is 1. The van der Waals surface area contributed by atoms with Crippen LogP contribution in [0.1, 0.15) is 16.8 Å². The summed E-state index contributed by atoms with van der Waals surface area (Å²) < 4.78 is 1.87. The average Bonchev–Trinajstić information content (AvgIpc) is 3.26. The molecule has 4 nitrogen and oxygen atoms in total. The van der Waals surface area contributed by atoms with Gasteiger partial charge in [-0.15, -0.1) is 11.8 Å². The first-order valence-corrected chi connectivity index (χ1v) is 10.8. The van der Waals surface area contributed by atoms with E-state index in [0.717, 1.165) is 40.0 Å². The predicted molar refractivity (Wildman–Crippen MR) is 110 cm³/mol. The normalized spacial score (nSPS) is 12.8. The van der Waals surface area contributed by atoms with Gasteiger partial charge in [0.2, 0.25) is 5.91 Å². The quantitative estimate of drug-likeness (QED) is 0.683. The third kappa shape index (κ3) is 3.81. The molecule has 0 saturated heterocycles. The zero-order valence-corrected chi connectivity index (χ0v) is 15.9. The number of rotatable bonds is 6. The average molecular weight is 382 g/mol. The molecule has 4 rings (SSSR count). The number of carbonyl (C=O) groups is 1. The first-order chi connectivity index (χ1) is 12.8. The van der Waals surface area contributed by atoms with Gasteiger partial charge < -0.3 is 5.32 Å². The molecule has 1 N–H and O–H groups in total. The molecule has 132 valence electrons. The van der Waals surface area contributed by atoms with E-state index in [0.29, 0.717) is 5.75 Å². The van der Waals surface area contributed by atoms with Crippen LogP contribution in [-0.4, -0.2) is 21.4 Å². The molecule has 0 aliphatic carbocycles. The molecule has 1 aliphatic heterocycles. The maximum atomic E-state index is 12.5. The molecular weight excluding hydrogens is 362 g/mol. The number of anilines is 1. The molecule has 0 saturated carbocycles. The van der Waals surface area contributed by atoms with Crippen LogP contribution in [0.2, 0.25) is 0 Å². The number of hydrogen-bond acceptors (Lipinski definition) is 4. The summed E-state index contributed by atoms with van der Waals surface area (Å²) in [6.07, 6.45) is 0. The highest BCUT2D eigenvalue weighted by Crippen LogP contribution is 2.36. The molecule has 1 aromatic heterocycles. The maximum Gasteiger partial charge on any atom is 0.235 e. The summed E-state index contributed by atoms with van der Waals surface area (Å²) in [5.41, 5.74) is 4.43. The second-order valence-electron chi connectivity index (χ2n) is 6.04. The molecule has 2 heterocycles. The Labute approximate surface area is 161 Å². The largest absolute Gasteiger partial charge is 0.310 e. The van der Waals surface area contributed by atoms with Crippen molar-refractivity contribution in [2.24, 2.45) is 0 Å². The highest BCUT2D eigenvalue weighted by molar-refractivity contribution is 7.99. The lowest BCUT2D eigenvalue weighted by Gasteiger charge is -2.11. The Hall–Kier alpha value is -2.18. The first-order valence-electron chi connectivity index (χ1n) is 8.47. The maximum absolute atomic E-state index is 12.5. The van der Waals surface area contributed by atoms with Gasteiger partial charge in [-0.05, 0) is 17.7 Å². The summed E-state index contributed by atoms with van der Waals surface area (Å²) in [6.45, 7) is 0. The van der Waals surface area contributed by atoms with E-state index in [1.807, 2.05) is 65.0 Å². The fourth-order valence-electron chi connectivity index (χ4n) is 2.90. The predicted octanol–water partition coefficient (Wildman–Crippen LogP) is 4.49. The van der Waals surface area contributed by atoms with Gasteiger partial charge in [-0.3, -0.25) is 4.79 Å². The zero-order valence-electron chi connectivity index (χ0n) is 14.2. The van der Waals surface area contributed by atoms with Crippen molar-refractivity contribution in [1.82, 2.24) is 9.78 Å². The second kappa shape index (κ2) is 8.01. The van der Waals surface area contributed by atoms with Crippen molar-refractivity contribution in [2.75, 3.05) is 11.1 Å². The smallest absolute Gasteiger partial charge is 0.235 e. The Kier molecular flexibility index (Phi) is 5.32. The van der Waals surface area contributed by atoms with Crippen molar-refractivity contribution in [3.8, 4) is 5.69 Å². The van der Waals surface area contributed by atoms with E-state index in [2.05, 4.69) is 17.4 Å². The van der Waals surface area contributed by atoms with E-state index in [1.165, 1.54) is 5.56 Å². The monoisotopic (exact) mass is 381 g/mol. The summed E-state index contributed by atoms with van der Waals surface area (Å²) in [5, 5.41) is 7.82. The number of thioether (sulfide) groups is 2. The van der Waals surface area contributed by atoms with Crippen LogP contribution in [-0.2, 0) is 22.1 Å². The van der Waals surface area contributed by atoms with Crippen molar-refractivity contribution in [3.05, 3.63) is 77.5 Å². The van der Waals surface area contributed by atoms with Crippen LogP contribution >= 0.6 is 23.5 Å². The topological polar surface area (TPSA) is 46.9 Å². The van der Waals surface area contributed by atoms with Gasteiger partial charge in [0.15, 0.2) is 0 Å². The standard InChI is InChI=1S/C20H19N3OS2/c24-19(14-25-11-15-7-3-1-4-8-15)21-20-17-12-26-13-18(17)22-23(20)16-9-5-2-6-10-16/h1-10H,11-14H2,(H,21,24). The summed E-state index contributed by atoms with van der Waals surface area (Å²) in [4.78, 5) is 12.5. The molecular formula is C20H19N3OS2. The summed E-state index contributed by atoms with van der Waals surface area (Å²) in [6, 6.07) is 20.2. The molecule has 0 unspecified atom stereocenters. The first kappa shape index (κ1) is 17.2. The van der Waals surface area contributed by atoms with Gasteiger partial charge in [0.05, 0.1) is 17.1 Å². The number of hydrogen-bond donors (Lipinski definition) is 1. The molecule has 0 fully saturated rings. The van der Waals surface area contributed by atoms with Crippen LogP contribution in [0, 0.1) is 0 Å². The van der Waals surface area contributed by atoms with Gasteiger partial charge in [0.1, 0.15) is 5.82 Å². The summed E-state index contributed by atoms with van der Waals surface area (Å²) in [7, 11) is 0. The fourth-order valence-corrected chi connectivity index (χ4v) is 4.72. The Morgan fingerprint density at radius 3 is 2.58 bits per heavy atom. The third-order valence-electron chi connectivity index (χ3n) is 4.16. The second-order valence-corrected chi connectivity index (χ2v) is 8.01. The van der Waals surface area contributed by atoms with E-state index >= 15 is 0 Å². The summed E-state index contributed by atoms with van der Waals surface area (Å²) in [5.74, 6) is 3.90. The highest BCUT2D eigenvalue weighted by Gasteiger charge is 2.24. The number of carbonyl (C=O) groups excluding carboxylic acids is 1. The molecule has 26 heavy (non-hydrogen) atoms. The lowest BCUT2D eigenvalue weighted by Crippen LogP contribution is -2.18. The van der Waals surface area contributed by atoms with Crippen molar-refractivity contribution in [2.45, 2.75) is 17.3 Å². The van der Waals surface area contributed by atoms with Crippen LogP contribution in [0.15, 0.2) is 60.7 Å². The lowest BCUT2D eigenvalue weighted by molar-refractivity contribution is -0.113. The fraction of sp³-hybridized carbons (Fsp3) is 0.200. The van der Waals surface area contributed by atoms with Crippen molar-refractivity contribution >= 4 is 35.2 Å². The molecule has 6 heteroatoms. The van der Waals surface area contributed by atoms with Crippen LogP contribution in [0.25, 0.3) is 5.69 Å². The molecule has 0 atom stereocenters. The van der Waals surface area contributed by atoms with E-state index in [1.54, 1.807) is 11.8 Å². The summed E-state index contributed by atoms with van der Waals surface area (Å²) >= 11 is 3.46. The minimum atomic E-state index is 0.0164. The van der Waals surface area contributed by atoms with Gasteiger partial charge >= 0.3 is 0 Å². The number of fused-ring (bicyclic) bond motifs is 1. The SMILES string of the molecule is O=C(CSCc1ccccc1)Nc1c2c(nn1-c1ccccc1)CSC2. The molecule has 2 aromatic carbocycles. The Morgan fingerprint density at radius 1 is 1.08 bits per heavy atom. The van der Waals surface area contributed by atoms with Gasteiger partial charge in [-0.2, -0.15) is 16.9 Å². The minimum Gasteiger partial charge on any atom is -0.310 e. The third-order valence-corrected chi connectivity index (χ3v) is 6.13. The van der Waals surface area contributed by atoms with E-state index in [9.17, 15) is 4.79 Å². The van der Waals surface area contributed by atoms with E-state index < -0.39 is 0 Å². The van der Waals surface area contributed by atoms with Crippen molar-refractivity contribution in [1.29, 1.82) is 0 Å². The Morgan fingerprint density at radius 2 is 1.81 bits per heavy atom. The van der Waals surface area contributed by atoms with Gasteiger partial charge in [0.25, 0.3) is 0 Å². The minimum absolute atomic E-state index is 0.0164. The Bertz CT molecular complexity index is 894. The van der Waals surface area contributed by atoms with Crippen LogP contribution in [0.5, 0.6) is 0 Å². The van der Waals surface area contributed by atoms with Crippen LogP contribution in [0.4, 0.5) is 5.82 Å². The Balaban J connectivity index is 1.46. The van der Waals surface area contributed by atoms with Gasteiger partial charge in [-0.1, -0.05) is 48.5 Å². The van der Waals surface area contributed by atoms with Crippen LogP contribution < -0.4 is 5.32 Å².